The summed E-state index contributed by atoms with van der Waals surface area (Å²) >= 11 is 7.84. The first kappa shape index (κ1) is 12.2. The van der Waals surface area contributed by atoms with E-state index in [1.54, 1.807) is 11.3 Å². The summed E-state index contributed by atoms with van der Waals surface area (Å²) in [6.45, 7) is 4.66. The Morgan fingerprint density at radius 2 is 2.28 bits per heavy atom. The van der Waals surface area contributed by atoms with Gasteiger partial charge in [-0.15, -0.1) is 0 Å². The molecule has 1 unspecified atom stereocenters. The third-order valence-electron chi connectivity index (χ3n) is 3.92. The summed E-state index contributed by atoms with van der Waals surface area (Å²) in [6, 6.07) is 6.42. The Morgan fingerprint density at radius 3 is 2.94 bits per heavy atom. The van der Waals surface area contributed by atoms with Crippen LogP contribution in [0.4, 0.5) is 5.13 Å². The van der Waals surface area contributed by atoms with E-state index in [1.807, 2.05) is 18.2 Å². The van der Waals surface area contributed by atoms with Crippen molar-refractivity contribution in [2.24, 2.45) is 5.41 Å². The predicted octanol–water partition coefficient (Wildman–Crippen LogP) is 4.94. The van der Waals surface area contributed by atoms with Gasteiger partial charge in [-0.05, 0) is 30.4 Å². The van der Waals surface area contributed by atoms with Gasteiger partial charge in [0.25, 0.3) is 0 Å². The zero-order chi connectivity index (χ0) is 12.8. The summed E-state index contributed by atoms with van der Waals surface area (Å²) in [6.07, 6.45) is 3.82. The van der Waals surface area contributed by atoms with Gasteiger partial charge in [-0.3, -0.25) is 0 Å². The molecule has 0 amide bonds. The normalized spacial score (nSPS) is 22.5. The molecule has 1 fully saturated rings. The molecule has 1 N–H and O–H groups in total. The smallest absolute Gasteiger partial charge is 0.184 e. The molecule has 4 heteroatoms. The molecule has 0 bridgehead atoms. The Kier molecular flexibility index (Phi) is 2.99. The zero-order valence-electron chi connectivity index (χ0n) is 10.7. The fourth-order valence-electron chi connectivity index (χ4n) is 2.72. The van der Waals surface area contributed by atoms with E-state index in [0.29, 0.717) is 11.5 Å². The molecule has 96 valence electrons. The van der Waals surface area contributed by atoms with Gasteiger partial charge in [0.2, 0.25) is 0 Å². The molecule has 1 saturated carbocycles. The van der Waals surface area contributed by atoms with Crippen molar-refractivity contribution in [1.82, 2.24) is 4.98 Å². The minimum absolute atomic E-state index is 0.363. The Labute approximate surface area is 116 Å². The maximum atomic E-state index is 6.19. The molecule has 2 nitrogen and oxygen atoms in total. The molecule has 0 radical (unpaired) electrons. The van der Waals surface area contributed by atoms with Crippen LogP contribution < -0.4 is 5.32 Å². The third kappa shape index (κ3) is 2.10. The fraction of sp³-hybridized carbons (Fsp3) is 0.500. The number of fused-ring (bicyclic) bond motifs is 1. The van der Waals surface area contributed by atoms with Crippen LogP contribution in [0.2, 0.25) is 5.02 Å². The highest BCUT2D eigenvalue weighted by atomic mass is 35.5. The average molecular weight is 281 g/mol. The predicted molar refractivity (Wildman–Crippen MR) is 79.7 cm³/mol. The van der Waals surface area contributed by atoms with Crippen molar-refractivity contribution in [2.45, 2.75) is 39.2 Å². The van der Waals surface area contributed by atoms with E-state index in [2.05, 4.69) is 24.1 Å². The number of thiazole rings is 1. The van der Waals surface area contributed by atoms with Gasteiger partial charge >= 0.3 is 0 Å². The lowest BCUT2D eigenvalue weighted by molar-refractivity contribution is 0.350. The molecule has 1 aromatic heterocycles. The number of nitrogens with one attached hydrogen (secondary N) is 1. The number of halogens is 1. The minimum atomic E-state index is 0.363. The lowest BCUT2D eigenvalue weighted by Crippen LogP contribution is -2.30. The quantitative estimate of drug-likeness (QED) is 0.843. The van der Waals surface area contributed by atoms with E-state index < -0.39 is 0 Å². The number of nitrogens with zero attached hydrogens (tertiary/aromatic N) is 1. The summed E-state index contributed by atoms with van der Waals surface area (Å²) in [4.78, 5) is 4.63. The Balaban J connectivity index is 1.89. The van der Waals surface area contributed by atoms with Crippen LogP contribution in [0.15, 0.2) is 18.2 Å². The zero-order valence-corrected chi connectivity index (χ0v) is 12.2. The van der Waals surface area contributed by atoms with Crippen molar-refractivity contribution in [3.8, 4) is 0 Å². The van der Waals surface area contributed by atoms with Gasteiger partial charge in [0, 0.05) is 6.04 Å². The van der Waals surface area contributed by atoms with Crippen molar-refractivity contribution in [3.63, 3.8) is 0 Å². The molecule has 1 atom stereocenters. The molecule has 1 heterocycles. The minimum Gasteiger partial charge on any atom is -0.358 e. The largest absolute Gasteiger partial charge is 0.358 e. The van der Waals surface area contributed by atoms with Gasteiger partial charge < -0.3 is 5.32 Å². The topological polar surface area (TPSA) is 24.9 Å². The molecular formula is C14H17ClN2S. The summed E-state index contributed by atoms with van der Waals surface area (Å²) < 4.78 is 1.08. The molecule has 0 saturated heterocycles. The monoisotopic (exact) mass is 280 g/mol. The average Bonchev–Trinajstić information content (AvgIpc) is 2.84. The molecule has 0 aliphatic heterocycles. The van der Waals surface area contributed by atoms with Gasteiger partial charge in [-0.1, -0.05) is 49.3 Å². The van der Waals surface area contributed by atoms with Crippen LogP contribution in [0.25, 0.3) is 10.2 Å². The molecule has 3 rings (SSSR count). The Bertz CT molecular complexity index is 576. The second kappa shape index (κ2) is 4.39. The number of rotatable bonds is 2. The van der Waals surface area contributed by atoms with Crippen LogP contribution in [-0.2, 0) is 0 Å². The molecule has 18 heavy (non-hydrogen) atoms. The molecule has 0 spiro atoms. The fourth-order valence-corrected chi connectivity index (χ4v) is 3.93. The molecular weight excluding hydrogens is 264 g/mol. The van der Waals surface area contributed by atoms with Gasteiger partial charge in [-0.2, -0.15) is 0 Å². The van der Waals surface area contributed by atoms with Crippen molar-refractivity contribution in [2.75, 3.05) is 5.32 Å². The van der Waals surface area contributed by atoms with Crippen molar-refractivity contribution < 1.29 is 0 Å². The van der Waals surface area contributed by atoms with Crippen LogP contribution in [0, 0.1) is 5.41 Å². The Hall–Kier alpha value is -0.800. The number of hydrogen-bond donors (Lipinski definition) is 1. The van der Waals surface area contributed by atoms with E-state index in [9.17, 15) is 0 Å². The third-order valence-corrected chi connectivity index (χ3v) is 5.38. The highest BCUT2D eigenvalue weighted by Crippen LogP contribution is 2.40. The SMILES string of the molecule is CC1(C)CCCC1Nc1nc2cccc(Cl)c2s1. The van der Waals surface area contributed by atoms with Crippen molar-refractivity contribution >= 4 is 38.3 Å². The van der Waals surface area contributed by atoms with Crippen molar-refractivity contribution in [1.29, 1.82) is 0 Å². The molecule has 1 aliphatic rings. The standard InChI is InChI=1S/C14H17ClN2S/c1-14(2)8-4-7-11(14)17-13-16-10-6-3-5-9(15)12(10)18-13/h3,5-6,11H,4,7-8H2,1-2H3,(H,16,17). The lowest BCUT2D eigenvalue weighted by atomic mass is 9.87. The van der Waals surface area contributed by atoms with E-state index in [-0.39, 0.29) is 0 Å². The molecule has 1 aromatic carbocycles. The van der Waals surface area contributed by atoms with Crippen LogP contribution in [0.3, 0.4) is 0 Å². The summed E-state index contributed by atoms with van der Waals surface area (Å²) in [5.41, 5.74) is 1.35. The van der Waals surface area contributed by atoms with Crippen LogP contribution in [-0.4, -0.2) is 11.0 Å². The summed E-state index contributed by atoms with van der Waals surface area (Å²) in [5.74, 6) is 0. The maximum absolute atomic E-state index is 6.19. The van der Waals surface area contributed by atoms with Gasteiger partial charge in [0.05, 0.1) is 15.2 Å². The number of hydrogen-bond acceptors (Lipinski definition) is 3. The Morgan fingerprint density at radius 1 is 1.44 bits per heavy atom. The molecule has 1 aliphatic carbocycles. The van der Waals surface area contributed by atoms with Gasteiger partial charge in [0.1, 0.15) is 0 Å². The second-order valence-electron chi connectivity index (χ2n) is 5.68. The lowest BCUT2D eigenvalue weighted by Gasteiger charge is -2.27. The van der Waals surface area contributed by atoms with Gasteiger partial charge in [0.15, 0.2) is 5.13 Å². The van der Waals surface area contributed by atoms with E-state index in [1.165, 1.54) is 19.3 Å². The van der Waals surface area contributed by atoms with Crippen LogP contribution in [0.1, 0.15) is 33.1 Å². The summed E-state index contributed by atoms with van der Waals surface area (Å²) in [5, 5.41) is 5.39. The maximum Gasteiger partial charge on any atom is 0.184 e. The van der Waals surface area contributed by atoms with E-state index in [4.69, 9.17) is 11.6 Å². The second-order valence-corrected chi connectivity index (χ2v) is 7.09. The van der Waals surface area contributed by atoms with Crippen molar-refractivity contribution in [3.05, 3.63) is 23.2 Å². The van der Waals surface area contributed by atoms with E-state index in [0.717, 1.165) is 20.4 Å². The van der Waals surface area contributed by atoms with Crippen LogP contribution >= 0.6 is 22.9 Å². The van der Waals surface area contributed by atoms with Gasteiger partial charge in [-0.25, -0.2) is 4.98 Å². The van der Waals surface area contributed by atoms with E-state index >= 15 is 0 Å². The number of anilines is 1. The first-order chi connectivity index (χ1) is 8.56. The van der Waals surface area contributed by atoms with Crippen LogP contribution in [0.5, 0.6) is 0 Å². The summed E-state index contributed by atoms with van der Waals surface area (Å²) in [7, 11) is 0. The molecule has 2 aromatic rings. The number of aromatic nitrogens is 1. The first-order valence-corrected chi connectivity index (χ1v) is 7.57. The highest BCUT2D eigenvalue weighted by Gasteiger charge is 2.34. The highest BCUT2D eigenvalue weighted by molar-refractivity contribution is 7.22. The first-order valence-electron chi connectivity index (χ1n) is 6.38. The number of benzene rings is 1.